The molecule has 0 atom stereocenters. The van der Waals surface area contributed by atoms with E-state index in [0.29, 0.717) is 11.8 Å². The van der Waals surface area contributed by atoms with Gasteiger partial charge >= 0.3 is 0 Å². The molecule has 0 N–H and O–H groups in total. The van der Waals surface area contributed by atoms with Gasteiger partial charge in [-0.05, 0) is 60.6 Å². The zero-order valence-electron chi connectivity index (χ0n) is 12.7. The van der Waals surface area contributed by atoms with Crippen molar-refractivity contribution in [1.82, 2.24) is 0 Å². The van der Waals surface area contributed by atoms with Gasteiger partial charge in [0.15, 0.2) is 0 Å². The molecule has 2 aliphatic rings. The zero-order chi connectivity index (χ0) is 13.9. The first-order chi connectivity index (χ1) is 9.74. The first-order valence-corrected chi connectivity index (χ1v) is 8.53. The second-order valence-electron chi connectivity index (χ2n) is 7.07. The first kappa shape index (κ1) is 14.1. The average molecular weight is 274 g/mol. The average Bonchev–Trinajstić information content (AvgIpc) is 2.49. The van der Waals surface area contributed by atoms with Crippen molar-refractivity contribution in [3.05, 3.63) is 35.1 Å². The van der Waals surface area contributed by atoms with E-state index in [0.717, 1.165) is 11.5 Å². The highest BCUT2D eigenvalue weighted by Gasteiger charge is 2.23. The van der Waals surface area contributed by atoms with Crippen LogP contribution in [0.15, 0.2) is 18.2 Å². The normalized spacial score (nSPS) is 28.5. The van der Waals surface area contributed by atoms with Gasteiger partial charge < -0.3 is 0 Å². The van der Waals surface area contributed by atoms with E-state index in [2.05, 4.69) is 19.1 Å². The third kappa shape index (κ3) is 3.07. The van der Waals surface area contributed by atoms with Gasteiger partial charge in [0.2, 0.25) is 0 Å². The van der Waals surface area contributed by atoms with Crippen LogP contribution in [-0.2, 0) is 0 Å². The van der Waals surface area contributed by atoms with Gasteiger partial charge in [-0.2, -0.15) is 0 Å². The number of benzene rings is 1. The third-order valence-corrected chi connectivity index (χ3v) is 5.56. The fourth-order valence-corrected chi connectivity index (χ4v) is 4.14. The lowest BCUT2D eigenvalue weighted by Gasteiger charge is -2.27. The summed E-state index contributed by atoms with van der Waals surface area (Å²) < 4.78 is 14.5. The van der Waals surface area contributed by atoms with Crippen LogP contribution >= 0.6 is 0 Å². The summed E-state index contributed by atoms with van der Waals surface area (Å²) in [5.41, 5.74) is 2.23. The Morgan fingerprint density at radius 2 is 1.55 bits per heavy atom. The van der Waals surface area contributed by atoms with Crippen molar-refractivity contribution in [2.24, 2.45) is 5.92 Å². The van der Waals surface area contributed by atoms with Crippen LogP contribution in [0.5, 0.6) is 0 Å². The molecule has 0 unspecified atom stereocenters. The predicted molar refractivity (Wildman–Crippen MR) is 82.6 cm³/mol. The molecule has 2 fully saturated rings. The minimum atomic E-state index is 0.0630. The van der Waals surface area contributed by atoms with Crippen molar-refractivity contribution < 1.29 is 4.39 Å². The topological polar surface area (TPSA) is 0 Å². The Morgan fingerprint density at radius 1 is 0.850 bits per heavy atom. The Kier molecular flexibility index (Phi) is 4.43. The zero-order valence-corrected chi connectivity index (χ0v) is 12.7. The second kappa shape index (κ2) is 6.28. The summed E-state index contributed by atoms with van der Waals surface area (Å²) in [4.78, 5) is 0. The van der Waals surface area contributed by atoms with Crippen molar-refractivity contribution in [3.63, 3.8) is 0 Å². The molecule has 0 saturated heterocycles. The SMILES string of the molecule is CC1CCC(c2ccc(C3CCCCC3)c(F)c2)CC1. The van der Waals surface area contributed by atoms with Crippen LogP contribution in [0.1, 0.15) is 87.7 Å². The van der Waals surface area contributed by atoms with E-state index in [1.807, 2.05) is 6.07 Å². The summed E-state index contributed by atoms with van der Waals surface area (Å²) in [5.74, 6) is 2.00. The van der Waals surface area contributed by atoms with E-state index in [9.17, 15) is 4.39 Å². The number of hydrogen-bond donors (Lipinski definition) is 0. The second-order valence-corrected chi connectivity index (χ2v) is 7.07. The Hall–Kier alpha value is -0.850. The Bertz CT molecular complexity index is 437. The molecule has 3 rings (SSSR count). The number of rotatable bonds is 2. The van der Waals surface area contributed by atoms with Crippen LogP contribution in [0.3, 0.4) is 0 Å². The molecule has 0 heterocycles. The molecule has 0 aromatic heterocycles. The lowest BCUT2D eigenvalue weighted by atomic mass is 9.78. The minimum Gasteiger partial charge on any atom is -0.207 e. The van der Waals surface area contributed by atoms with Crippen LogP contribution in [0.4, 0.5) is 4.39 Å². The highest BCUT2D eigenvalue weighted by molar-refractivity contribution is 5.30. The van der Waals surface area contributed by atoms with Crippen molar-refractivity contribution >= 4 is 0 Å². The molecule has 1 aromatic carbocycles. The van der Waals surface area contributed by atoms with Gasteiger partial charge in [-0.25, -0.2) is 4.39 Å². The number of halogens is 1. The van der Waals surface area contributed by atoms with Crippen LogP contribution in [0.25, 0.3) is 0 Å². The van der Waals surface area contributed by atoms with E-state index in [4.69, 9.17) is 0 Å². The van der Waals surface area contributed by atoms with E-state index < -0.39 is 0 Å². The Balaban J connectivity index is 1.73. The van der Waals surface area contributed by atoms with Gasteiger partial charge in [0, 0.05) is 0 Å². The molecule has 0 radical (unpaired) electrons. The van der Waals surface area contributed by atoms with Gasteiger partial charge in [-0.1, -0.05) is 51.2 Å². The van der Waals surface area contributed by atoms with E-state index in [1.165, 1.54) is 63.4 Å². The van der Waals surface area contributed by atoms with Crippen LogP contribution < -0.4 is 0 Å². The van der Waals surface area contributed by atoms with E-state index in [-0.39, 0.29) is 5.82 Å². The van der Waals surface area contributed by atoms with Crippen molar-refractivity contribution in [1.29, 1.82) is 0 Å². The molecule has 2 aliphatic carbocycles. The van der Waals surface area contributed by atoms with E-state index >= 15 is 0 Å². The summed E-state index contributed by atoms with van der Waals surface area (Å²) in [6.07, 6.45) is 11.3. The fourth-order valence-electron chi connectivity index (χ4n) is 4.14. The molecule has 1 heteroatoms. The minimum absolute atomic E-state index is 0.0630. The van der Waals surface area contributed by atoms with Gasteiger partial charge in [0.25, 0.3) is 0 Å². The number of hydrogen-bond acceptors (Lipinski definition) is 0. The molecule has 2 saturated carbocycles. The molecule has 0 amide bonds. The molecule has 20 heavy (non-hydrogen) atoms. The first-order valence-electron chi connectivity index (χ1n) is 8.53. The maximum absolute atomic E-state index is 14.5. The van der Waals surface area contributed by atoms with Gasteiger partial charge in [0.1, 0.15) is 5.82 Å². The third-order valence-electron chi connectivity index (χ3n) is 5.56. The molecular formula is C19H27F. The Labute approximate surface area is 122 Å². The maximum Gasteiger partial charge on any atom is 0.126 e. The summed E-state index contributed by atoms with van der Waals surface area (Å²) in [5, 5.41) is 0. The molecular weight excluding hydrogens is 247 g/mol. The molecule has 110 valence electrons. The highest BCUT2D eigenvalue weighted by Crippen LogP contribution is 2.38. The van der Waals surface area contributed by atoms with Gasteiger partial charge in [0.05, 0.1) is 0 Å². The summed E-state index contributed by atoms with van der Waals surface area (Å²) in [7, 11) is 0. The quantitative estimate of drug-likeness (QED) is 0.605. The van der Waals surface area contributed by atoms with Gasteiger partial charge in [-0.15, -0.1) is 0 Å². The van der Waals surface area contributed by atoms with Crippen LogP contribution in [0.2, 0.25) is 0 Å². The molecule has 0 spiro atoms. The highest BCUT2D eigenvalue weighted by atomic mass is 19.1. The molecule has 0 aliphatic heterocycles. The summed E-state index contributed by atoms with van der Waals surface area (Å²) in [6, 6.07) is 6.16. The van der Waals surface area contributed by atoms with E-state index in [1.54, 1.807) is 0 Å². The summed E-state index contributed by atoms with van der Waals surface area (Å²) >= 11 is 0. The smallest absolute Gasteiger partial charge is 0.126 e. The largest absolute Gasteiger partial charge is 0.207 e. The standard InChI is InChI=1S/C19H27F/c1-14-7-9-15(10-8-14)17-11-12-18(19(20)13-17)16-5-3-2-4-6-16/h11-16H,2-10H2,1H3. The lowest BCUT2D eigenvalue weighted by Crippen LogP contribution is -2.12. The summed E-state index contributed by atoms with van der Waals surface area (Å²) in [6.45, 7) is 2.34. The monoisotopic (exact) mass is 274 g/mol. The van der Waals surface area contributed by atoms with Crippen molar-refractivity contribution in [2.45, 2.75) is 76.5 Å². The van der Waals surface area contributed by atoms with Crippen LogP contribution in [0, 0.1) is 11.7 Å². The van der Waals surface area contributed by atoms with Crippen molar-refractivity contribution in [2.75, 3.05) is 0 Å². The van der Waals surface area contributed by atoms with Crippen molar-refractivity contribution in [3.8, 4) is 0 Å². The lowest BCUT2D eigenvalue weighted by molar-refractivity contribution is 0.347. The van der Waals surface area contributed by atoms with Crippen LogP contribution in [-0.4, -0.2) is 0 Å². The maximum atomic E-state index is 14.5. The molecule has 0 nitrogen and oxygen atoms in total. The predicted octanol–water partition coefficient (Wildman–Crippen LogP) is 6.17. The molecule has 0 bridgehead atoms. The Morgan fingerprint density at radius 3 is 2.20 bits per heavy atom. The molecule has 1 aromatic rings. The van der Waals surface area contributed by atoms with Gasteiger partial charge in [-0.3, -0.25) is 0 Å². The fraction of sp³-hybridized carbons (Fsp3) is 0.684.